The fraction of sp³-hybridized carbons (Fsp3) is 0.200. The molecule has 5 aromatic heterocycles. The van der Waals surface area contributed by atoms with Crippen LogP contribution in [0.5, 0.6) is 0 Å². The number of fused-ring (bicyclic) bond motifs is 2. The zero-order chi connectivity index (χ0) is 21.4. The summed E-state index contributed by atoms with van der Waals surface area (Å²) < 4.78 is 10.0. The van der Waals surface area contributed by atoms with E-state index in [1.165, 1.54) is 7.11 Å². The molecule has 11 nitrogen and oxygen atoms in total. The van der Waals surface area contributed by atoms with Crippen molar-refractivity contribution in [3.05, 3.63) is 60.3 Å². The average Bonchev–Trinajstić information content (AvgIpc) is 3.52. The second-order valence-electron chi connectivity index (χ2n) is 6.91. The largest absolute Gasteiger partial charge is 0.465 e. The van der Waals surface area contributed by atoms with Crippen LogP contribution in [-0.4, -0.2) is 63.9 Å². The van der Waals surface area contributed by atoms with Gasteiger partial charge in [0.25, 0.3) is 0 Å². The predicted molar refractivity (Wildman–Crippen MR) is 109 cm³/mol. The molecule has 0 saturated heterocycles. The van der Waals surface area contributed by atoms with Gasteiger partial charge in [0, 0.05) is 24.2 Å². The Balaban J connectivity index is 1.49. The summed E-state index contributed by atoms with van der Waals surface area (Å²) in [6, 6.07) is 5.58. The Labute approximate surface area is 175 Å². The van der Waals surface area contributed by atoms with Gasteiger partial charge in [-0.2, -0.15) is 5.10 Å². The molecule has 0 atom stereocenters. The van der Waals surface area contributed by atoms with Crippen molar-refractivity contribution >= 4 is 22.8 Å². The third kappa shape index (κ3) is 3.40. The van der Waals surface area contributed by atoms with Crippen LogP contribution < -0.4 is 0 Å². The number of esters is 1. The van der Waals surface area contributed by atoms with Crippen LogP contribution in [0.25, 0.3) is 28.1 Å². The number of carbonyl (C=O) groups excluding carboxylic acids is 1. The lowest BCUT2D eigenvalue weighted by Crippen LogP contribution is -2.05. The Hall–Kier alpha value is -4.12. The summed E-state index contributed by atoms with van der Waals surface area (Å²) in [4.78, 5) is 21.0. The SMILES string of the molecule is COC(=O)c1ccn2ccc(Cn3nnc4ncc(-c5cnn(CCO)c5)nc43)cc12. The van der Waals surface area contributed by atoms with Crippen LogP contribution >= 0.6 is 0 Å². The summed E-state index contributed by atoms with van der Waals surface area (Å²) in [6.07, 6.45) is 8.79. The Morgan fingerprint density at radius 2 is 2.10 bits per heavy atom. The van der Waals surface area contributed by atoms with E-state index in [-0.39, 0.29) is 12.6 Å². The number of ether oxygens (including phenoxy) is 1. The first-order valence-corrected chi connectivity index (χ1v) is 9.54. The van der Waals surface area contributed by atoms with E-state index in [4.69, 9.17) is 9.84 Å². The van der Waals surface area contributed by atoms with Gasteiger partial charge in [0.2, 0.25) is 5.65 Å². The fourth-order valence-corrected chi connectivity index (χ4v) is 3.42. The van der Waals surface area contributed by atoms with E-state index in [1.807, 2.05) is 28.9 Å². The van der Waals surface area contributed by atoms with Gasteiger partial charge in [-0.1, -0.05) is 5.21 Å². The molecule has 0 saturated carbocycles. The minimum Gasteiger partial charge on any atom is -0.465 e. The molecule has 5 heterocycles. The van der Waals surface area contributed by atoms with Crippen molar-refractivity contribution in [3.8, 4) is 11.3 Å². The molecule has 0 aliphatic rings. The van der Waals surface area contributed by atoms with Crippen LogP contribution in [0.1, 0.15) is 15.9 Å². The second-order valence-corrected chi connectivity index (χ2v) is 6.91. The summed E-state index contributed by atoms with van der Waals surface area (Å²) in [5.74, 6) is -0.386. The van der Waals surface area contributed by atoms with Crippen molar-refractivity contribution in [2.45, 2.75) is 13.1 Å². The summed E-state index contributed by atoms with van der Waals surface area (Å²) in [6.45, 7) is 0.817. The van der Waals surface area contributed by atoms with Crippen molar-refractivity contribution < 1.29 is 14.6 Å². The van der Waals surface area contributed by atoms with E-state index in [2.05, 4.69) is 25.4 Å². The van der Waals surface area contributed by atoms with Crippen molar-refractivity contribution in [1.82, 2.24) is 39.1 Å². The maximum Gasteiger partial charge on any atom is 0.340 e. The second kappa shape index (κ2) is 7.61. The van der Waals surface area contributed by atoms with Gasteiger partial charge in [-0.15, -0.1) is 5.10 Å². The van der Waals surface area contributed by atoms with Crippen molar-refractivity contribution in [1.29, 1.82) is 0 Å². The number of nitrogens with zero attached hydrogens (tertiary/aromatic N) is 8. The summed E-state index contributed by atoms with van der Waals surface area (Å²) >= 11 is 0. The summed E-state index contributed by atoms with van der Waals surface area (Å²) in [5, 5.41) is 21.6. The molecule has 156 valence electrons. The van der Waals surface area contributed by atoms with Gasteiger partial charge in [0.05, 0.1) is 56.0 Å². The van der Waals surface area contributed by atoms with E-state index in [1.54, 1.807) is 34.0 Å². The number of aliphatic hydroxyl groups excluding tert-OH is 1. The minimum absolute atomic E-state index is 0.00618. The Morgan fingerprint density at radius 1 is 1.23 bits per heavy atom. The molecular weight excluding hydrogens is 400 g/mol. The maximum atomic E-state index is 12.0. The average molecular weight is 418 g/mol. The van der Waals surface area contributed by atoms with E-state index in [0.717, 1.165) is 16.6 Å². The molecular formula is C20H18N8O3. The normalized spacial score (nSPS) is 11.4. The van der Waals surface area contributed by atoms with E-state index >= 15 is 0 Å². The molecule has 0 amide bonds. The molecule has 0 aliphatic heterocycles. The zero-order valence-corrected chi connectivity index (χ0v) is 16.6. The molecule has 0 unspecified atom stereocenters. The minimum atomic E-state index is -0.386. The smallest absolute Gasteiger partial charge is 0.340 e. The van der Waals surface area contributed by atoms with Gasteiger partial charge >= 0.3 is 5.97 Å². The molecule has 1 N–H and O–H groups in total. The topological polar surface area (TPSA) is 125 Å². The monoisotopic (exact) mass is 418 g/mol. The van der Waals surface area contributed by atoms with Gasteiger partial charge in [-0.25, -0.2) is 19.4 Å². The number of pyridine rings is 1. The third-order valence-corrected chi connectivity index (χ3v) is 4.95. The third-order valence-electron chi connectivity index (χ3n) is 4.95. The van der Waals surface area contributed by atoms with Crippen molar-refractivity contribution in [2.75, 3.05) is 13.7 Å². The first kappa shape index (κ1) is 18.9. The van der Waals surface area contributed by atoms with E-state index in [9.17, 15) is 4.79 Å². The number of rotatable bonds is 6. The molecule has 0 aliphatic carbocycles. The lowest BCUT2D eigenvalue weighted by atomic mass is 10.2. The van der Waals surface area contributed by atoms with Crippen LogP contribution in [0.4, 0.5) is 0 Å². The lowest BCUT2D eigenvalue weighted by molar-refractivity contribution is 0.0603. The molecule has 5 aromatic rings. The molecule has 0 radical (unpaired) electrons. The Morgan fingerprint density at radius 3 is 2.94 bits per heavy atom. The van der Waals surface area contributed by atoms with Crippen LogP contribution in [-0.2, 0) is 17.8 Å². The highest BCUT2D eigenvalue weighted by Gasteiger charge is 2.14. The number of carbonyl (C=O) groups is 1. The molecule has 5 rings (SSSR count). The maximum absolute atomic E-state index is 12.0. The van der Waals surface area contributed by atoms with Crippen LogP contribution in [0, 0.1) is 0 Å². The summed E-state index contributed by atoms with van der Waals surface area (Å²) in [5.41, 5.74) is 4.56. The molecule has 11 heteroatoms. The highest BCUT2D eigenvalue weighted by Crippen LogP contribution is 2.20. The Kier molecular flexibility index (Phi) is 4.64. The molecule has 0 spiro atoms. The van der Waals surface area contributed by atoms with E-state index in [0.29, 0.717) is 35.6 Å². The van der Waals surface area contributed by atoms with Gasteiger partial charge in [0.1, 0.15) is 0 Å². The van der Waals surface area contributed by atoms with Gasteiger partial charge in [-0.05, 0) is 23.8 Å². The molecule has 0 aromatic carbocycles. The van der Waals surface area contributed by atoms with Gasteiger partial charge < -0.3 is 14.2 Å². The number of aliphatic hydroxyl groups is 1. The van der Waals surface area contributed by atoms with Crippen molar-refractivity contribution in [3.63, 3.8) is 0 Å². The molecule has 0 bridgehead atoms. The highest BCUT2D eigenvalue weighted by atomic mass is 16.5. The first-order chi connectivity index (χ1) is 15.2. The molecule has 0 fully saturated rings. The number of methoxy groups -OCH3 is 1. The Bertz CT molecular complexity index is 1400. The van der Waals surface area contributed by atoms with Gasteiger partial charge in [0.15, 0.2) is 5.65 Å². The molecule has 31 heavy (non-hydrogen) atoms. The van der Waals surface area contributed by atoms with E-state index < -0.39 is 0 Å². The first-order valence-electron chi connectivity index (χ1n) is 9.54. The van der Waals surface area contributed by atoms with Crippen LogP contribution in [0.3, 0.4) is 0 Å². The lowest BCUT2D eigenvalue weighted by Gasteiger charge is -2.05. The zero-order valence-electron chi connectivity index (χ0n) is 16.6. The van der Waals surface area contributed by atoms with Crippen molar-refractivity contribution in [2.24, 2.45) is 0 Å². The highest BCUT2D eigenvalue weighted by molar-refractivity contribution is 5.97. The number of hydrogen-bond acceptors (Lipinski definition) is 8. The number of aromatic nitrogens is 8. The fourth-order valence-electron chi connectivity index (χ4n) is 3.42. The van der Waals surface area contributed by atoms with Crippen LogP contribution in [0.2, 0.25) is 0 Å². The standard InChI is InChI=1S/C20H18N8O3/c1-31-20(30)15-3-5-26-4-2-13(8-17(15)26)11-28-19-18(24-25-28)21-10-16(23-19)14-9-22-27(12-14)6-7-29/h2-5,8-10,12,29H,6-7,11H2,1H3. The van der Waals surface area contributed by atoms with Crippen LogP contribution in [0.15, 0.2) is 49.2 Å². The van der Waals surface area contributed by atoms with Gasteiger partial charge in [-0.3, -0.25) is 4.68 Å². The summed E-state index contributed by atoms with van der Waals surface area (Å²) in [7, 11) is 1.36. The quantitative estimate of drug-likeness (QED) is 0.407. The predicted octanol–water partition coefficient (Wildman–Crippen LogP) is 1.16. The number of hydrogen-bond donors (Lipinski definition) is 1.